The van der Waals surface area contributed by atoms with Gasteiger partial charge >= 0.3 is 5.97 Å². The second-order valence-electron chi connectivity index (χ2n) is 2.00. The number of hydrogen-bond donors (Lipinski definition) is 2. The van der Waals surface area contributed by atoms with Gasteiger partial charge in [0.2, 0.25) is 6.41 Å². The first kappa shape index (κ1) is 8.19. The van der Waals surface area contributed by atoms with E-state index >= 15 is 0 Å². The van der Waals surface area contributed by atoms with Crippen LogP contribution < -0.4 is 5.32 Å². The van der Waals surface area contributed by atoms with Crippen molar-refractivity contribution in [3.05, 3.63) is 23.9 Å². The molecule has 5 heteroatoms. The van der Waals surface area contributed by atoms with Gasteiger partial charge in [0.25, 0.3) is 0 Å². The highest BCUT2D eigenvalue weighted by Crippen LogP contribution is 2.04. The highest BCUT2D eigenvalue weighted by Gasteiger charge is 2.02. The Morgan fingerprint density at radius 3 is 3.00 bits per heavy atom. The first-order valence-electron chi connectivity index (χ1n) is 3.13. The molecule has 0 aromatic carbocycles. The summed E-state index contributed by atoms with van der Waals surface area (Å²) in [5, 5.41) is 10.8. The van der Waals surface area contributed by atoms with Crippen molar-refractivity contribution < 1.29 is 14.7 Å². The molecule has 0 bridgehead atoms. The summed E-state index contributed by atoms with van der Waals surface area (Å²) >= 11 is 0. The number of aromatic carboxylic acids is 1. The Morgan fingerprint density at radius 1 is 1.67 bits per heavy atom. The molecule has 0 aliphatic carbocycles. The topological polar surface area (TPSA) is 79.3 Å². The minimum atomic E-state index is -1.05. The smallest absolute Gasteiger partial charge is 0.335 e. The summed E-state index contributed by atoms with van der Waals surface area (Å²) in [7, 11) is 0. The molecule has 0 radical (unpaired) electrons. The number of amides is 1. The number of carboxylic acids is 1. The summed E-state index contributed by atoms with van der Waals surface area (Å²) < 4.78 is 0. The van der Waals surface area contributed by atoms with Crippen LogP contribution in [0.2, 0.25) is 0 Å². The zero-order valence-electron chi connectivity index (χ0n) is 6.02. The van der Waals surface area contributed by atoms with E-state index in [1.165, 1.54) is 18.3 Å². The van der Waals surface area contributed by atoms with Gasteiger partial charge < -0.3 is 10.4 Å². The van der Waals surface area contributed by atoms with Crippen molar-refractivity contribution in [3.8, 4) is 0 Å². The second kappa shape index (κ2) is 3.47. The van der Waals surface area contributed by atoms with E-state index < -0.39 is 5.97 Å². The van der Waals surface area contributed by atoms with Gasteiger partial charge in [-0.3, -0.25) is 4.79 Å². The van der Waals surface area contributed by atoms with Crippen LogP contribution in [0, 0.1) is 0 Å². The number of carbonyl (C=O) groups excluding carboxylic acids is 1. The summed E-state index contributed by atoms with van der Waals surface area (Å²) in [5.41, 5.74) is 0.0920. The highest BCUT2D eigenvalue weighted by atomic mass is 16.4. The predicted molar refractivity (Wildman–Crippen MR) is 40.9 cm³/mol. The summed E-state index contributed by atoms with van der Waals surface area (Å²) in [4.78, 5) is 24.1. The first-order chi connectivity index (χ1) is 5.74. The van der Waals surface area contributed by atoms with E-state index in [9.17, 15) is 9.59 Å². The number of rotatable bonds is 3. The van der Waals surface area contributed by atoms with E-state index in [0.717, 1.165) is 0 Å². The largest absolute Gasteiger partial charge is 0.478 e. The number of nitrogens with one attached hydrogen (secondary N) is 1. The second-order valence-corrected chi connectivity index (χ2v) is 2.00. The van der Waals surface area contributed by atoms with Gasteiger partial charge in [0, 0.05) is 6.20 Å². The van der Waals surface area contributed by atoms with E-state index in [1.807, 2.05) is 0 Å². The van der Waals surface area contributed by atoms with Crippen LogP contribution in [0.4, 0.5) is 5.82 Å². The fourth-order valence-corrected chi connectivity index (χ4v) is 0.703. The van der Waals surface area contributed by atoms with Gasteiger partial charge in [0.1, 0.15) is 5.82 Å². The Kier molecular flexibility index (Phi) is 2.37. The molecule has 0 aliphatic heterocycles. The molecule has 0 saturated heterocycles. The number of carboxylic acid groups (broad SMARTS) is 1. The zero-order chi connectivity index (χ0) is 8.97. The minimum Gasteiger partial charge on any atom is -0.478 e. The molecule has 1 rings (SSSR count). The zero-order valence-corrected chi connectivity index (χ0v) is 6.02. The third kappa shape index (κ3) is 1.79. The first-order valence-corrected chi connectivity index (χ1v) is 3.13. The Hall–Kier alpha value is -1.91. The Labute approximate surface area is 68.0 Å². The molecule has 1 aromatic heterocycles. The SMILES string of the molecule is O=CNc1cc(C(=O)O)ccn1. The van der Waals surface area contributed by atoms with Crippen molar-refractivity contribution in [3.63, 3.8) is 0 Å². The van der Waals surface area contributed by atoms with E-state index in [0.29, 0.717) is 6.41 Å². The van der Waals surface area contributed by atoms with Gasteiger partial charge in [-0.25, -0.2) is 9.78 Å². The number of aromatic nitrogens is 1. The monoisotopic (exact) mass is 166 g/mol. The average molecular weight is 166 g/mol. The Morgan fingerprint density at radius 2 is 2.42 bits per heavy atom. The van der Waals surface area contributed by atoms with Gasteiger partial charge in [0.15, 0.2) is 0 Å². The highest BCUT2D eigenvalue weighted by molar-refractivity contribution is 5.88. The number of pyridine rings is 1. The molecular formula is C7H6N2O3. The molecule has 1 heterocycles. The lowest BCUT2D eigenvalue weighted by Gasteiger charge is -1.97. The van der Waals surface area contributed by atoms with Gasteiger partial charge in [-0.1, -0.05) is 0 Å². The van der Waals surface area contributed by atoms with Crippen LogP contribution in [0.5, 0.6) is 0 Å². The van der Waals surface area contributed by atoms with E-state index in [2.05, 4.69) is 10.3 Å². The Bertz CT molecular complexity index is 311. The fraction of sp³-hybridized carbons (Fsp3) is 0. The van der Waals surface area contributed by atoms with Gasteiger partial charge in [-0.2, -0.15) is 0 Å². The molecule has 0 spiro atoms. The molecule has 0 fully saturated rings. The van der Waals surface area contributed by atoms with Crippen LogP contribution in [0.25, 0.3) is 0 Å². The van der Waals surface area contributed by atoms with Gasteiger partial charge in [-0.05, 0) is 12.1 Å². The molecule has 0 aliphatic rings. The molecule has 1 aromatic rings. The molecule has 0 unspecified atom stereocenters. The maximum Gasteiger partial charge on any atom is 0.335 e. The molecular weight excluding hydrogens is 160 g/mol. The number of carbonyl (C=O) groups is 2. The quantitative estimate of drug-likeness (QED) is 0.635. The van der Waals surface area contributed by atoms with Crippen LogP contribution >= 0.6 is 0 Å². The molecule has 12 heavy (non-hydrogen) atoms. The van der Waals surface area contributed by atoms with Crippen LogP contribution in [0.1, 0.15) is 10.4 Å². The fourth-order valence-electron chi connectivity index (χ4n) is 0.703. The minimum absolute atomic E-state index is 0.0920. The lowest BCUT2D eigenvalue weighted by atomic mass is 10.3. The third-order valence-corrected chi connectivity index (χ3v) is 1.21. The molecule has 0 atom stereocenters. The third-order valence-electron chi connectivity index (χ3n) is 1.21. The molecule has 5 nitrogen and oxygen atoms in total. The normalized spacial score (nSPS) is 9.00. The standard InChI is InChI=1S/C7H6N2O3/c10-4-9-6-3-5(7(11)12)1-2-8-6/h1-4H,(H,11,12)(H,8,9,10). The molecule has 0 saturated carbocycles. The van der Waals surface area contributed by atoms with Crippen molar-refractivity contribution >= 4 is 18.2 Å². The predicted octanol–water partition coefficient (Wildman–Crippen LogP) is 0.348. The number of anilines is 1. The number of nitrogens with zero attached hydrogens (tertiary/aromatic N) is 1. The lowest BCUT2D eigenvalue weighted by Crippen LogP contribution is -2.01. The van der Waals surface area contributed by atoms with E-state index in [-0.39, 0.29) is 11.4 Å². The average Bonchev–Trinajstić information content (AvgIpc) is 2.05. The maximum absolute atomic E-state index is 10.4. The maximum atomic E-state index is 10.4. The number of hydrogen-bond acceptors (Lipinski definition) is 3. The van der Waals surface area contributed by atoms with Crippen LogP contribution in [0.3, 0.4) is 0 Å². The van der Waals surface area contributed by atoms with E-state index in [1.54, 1.807) is 0 Å². The summed E-state index contributed by atoms with van der Waals surface area (Å²) in [6, 6.07) is 2.62. The van der Waals surface area contributed by atoms with Crippen molar-refractivity contribution in [1.29, 1.82) is 0 Å². The molecule has 1 amide bonds. The van der Waals surface area contributed by atoms with Crippen LogP contribution in [0.15, 0.2) is 18.3 Å². The van der Waals surface area contributed by atoms with Crippen LogP contribution in [-0.4, -0.2) is 22.5 Å². The Balaban J connectivity index is 2.95. The van der Waals surface area contributed by atoms with E-state index in [4.69, 9.17) is 5.11 Å². The van der Waals surface area contributed by atoms with Crippen molar-refractivity contribution in [2.24, 2.45) is 0 Å². The molecule has 62 valence electrons. The van der Waals surface area contributed by atoms with Gasteiger partial charge in [-0.15, -0.1) is 0 Å². The molecule has 2 N–H and O–H groups in total. The summed E-state index contributed by atoms with van der Waals surface area (Å²) in [6.45, 7) is 0. The summed E-state index contributed by atoms with van der Waals surface area (Å²) in [6.07, 6.45) is 1.75. The summed E-state index contributed by atoms with van der Waals surface area (Å²) in [5.74, 6) is -0.823. The van der Waals surface area contributed by atoms with Crippen LogP contribution in [-0.2, 0) is 4.79 Å². The van der Waals surface area contributed by atoms with Gasteiger partial charge in [0.05, 0.1) is 5.56 Å². The van der Waals surface area contributed by atoms with Crippen molar-refractivity contribution in [2.75, 3.05) is 5.32 Å². The lowest BCUT2D eigenvalue weighted by molar-refractivity contribution is -0.105. The van der Waals surface area contributed by atoms with Crippen molar-refractivity contribution in [1.82, 2.24) is 4.98 Å². The van der Waals surface area contributed by atoms with Crippen molar-refractivity contribution in [2.45, 2.75) is 0 Å².